The van der Waals surface area contributed by atoms with Crippen LogP contribution >= 0.6 is 31.1 Å². The molecule has 2 aromatic heterocycles. The summed E-state index contributed by atoms with van der Waals surface area (Å²) >= 11 is 7.69. The van der Waals surface area contributed by atoms with Crippen molar-refractivity contribution >= 4 is 59.3 Å². The van der Waals surface area contributed by atoms with E-state index in [0.29, 0.717) is 12.1 Å². The number of carbonyl (C=O) groups excluding carboxylic acids is 2. The van der Waals surface area contributed by atoms with E-state index in [1.165, 1.54) is 17.8 Å². The number of imidazole rings is 1. The lowest BCUT2D eigenvalue weighted by Crippen LogP contribution is -2.40. The molecule has 0 amide bonds. The summed E-state index contributed by atoms with van der Waals surface area (Å²) in [4.78, 5) is 36.0. The van der Waals surface area contributed by atoms with Crippen LogP contribution in [0.15, 0.2) is 6.33 Å². The predicted octanol–water partition coefficient (Wildman–Crippen LogP) is 2.41. The Bertz CT molecular complexity index is 1400. The van der Waals surface area contributed by atoms with Crippen LogP contribution in [0.3, 0.4) is 0 Å². The molecule has 254 valence electrons. The Kier molecular flexibility index (Phi) is 12.6. The van der Waals surface area contributed by atoms with Crippen molar-refractivity contribution in [3.8, 4) is 5.88 Å². The molecule has 0 spiro atoms. The number of ether oxygens (including phenoxy) is 3. The van der Waals surface area contributed by atoms with E-state index >= 15 is 0 Å². The van der Waals surface area contributed by atoms with Gasteiger partial charge in [-0.15, -0.1) is 11.6 Å². The van der Waals surface area contributed by atoms with E-state index < -0.39 is 61.2 Å². The molecule has 0 aliphatic carbocycles. The first-order chi connectivity index (χ1) is 21.0. The number of anilines is 1. The Morgan fingerprint density at radius 1 is 1.31 bits per heavy atom. The third-order valence-electron chi connectivity index (χ3n) is 6.65. The highest BCUT2D eigenvalue weighted by molar-refractivity contribution is 8.13. The number of aliphatic hydroxyl groups excluding tert-OH is 2. The molecule has 2 aromatic rings. The Hall–Kier alpha value is -2.08. The maximum absolute atomic E-state index is 13.8. The molecular weight excluding hydrogens is 655 g/mol. The molecule has 3 rings (SSSR count). The van der Waals surface area contributed by atoms with Crippen molar-refractivity contribution in [3.05, 3.63) is 6.33 Å². The Morgan fingerprint density at radius 2 is 2.00 bits per heavy atom. The molecule has 45 heavy (non-hydrogen) atoms. The summed E-state index contributed by atoms with van der Waals surface area (Å²) in [5, 5.41) is 22.8. The summed E-state index contributed by atoms with van der Waals surface area (Å²) in [6, 6.07) is -1.11. The second-order valence-electron chi connectivity index (χ2n) is 11.4. The molecule has 0 aromatic carbocycles. The van der Waals surface area contributed by atoms with Gasteiger partial charge in [0.25, 0.3) is 0 Å². The monoisotopic (exact) mass is 696 g/mol. The SMILES string of the molecule is CCOc1nc(N)nc2c1ncn2[C@@H]1O[C@H](CO[P@](=O)(N[C@H](C)C(=O)OC(C)C)OCCSC(=O)C(C)(C)CO)[C@@H](O)[C@@]1(C)Cl. The molecule has 0 bridgehead atoms. The van der Waals surface area contributed by atoms with Crippen LogP contribution in [-0.2, 0) is 32.7 Å². The van der Waals surface area contributed by atoms with E-state index in [0.717, 1.165) is 11.8 Å². The molecule has 5 N–H and O–H groups in total. The van der Waals surface area contributed by atoms with Gasteiger partial charge in [-0.2, -0.15) is 9.97 Å². The van der Waals surface area contributed by atoms with Crippen molar-refractivity contribution in [1.82, 2.24) is 24.6 Å². The number of aromatic nitrogens is 4. The van der Waals surface area contributed by atoms with Crippen LogP contribution in [0.5, 0.6) is 5.88 Å². The van der Waals surface area contributed by atoms with E-state index in [9.17, 15) is 24.4 Å². The second kappa shape index (κ2) is 15.2. The van der Waals surface area contributed by atoms with Crippen LogP contribution in [0.1, 0.15) is 54.7 Å². The third kappa shape index (κ3) is 9.05. The Labute approximate surface area is 270 Å². The third-order valence-corrected chi connectivity index (χ3v) is 9.96. The van der Waals surface area contributed by atoms with E-state index in [4.69, 9.17) is 40.6 Å². The zero-order valence-corrected chi connectivity index (χ0v) is 28.7. The molecule has 1 saturated heterocycles. The fourth-order valence-corrected chi connectivity index (χ4v) is 6.83. The van der Waals surface area contributed by atoms with E-state index in [1.807, 2.05) is 0 Å². The largest absolute Gasteiger partial charge is 0.476 e. The minimum Gasteiger partial charge on any atom is -0.476 e. The quantitative estimate of drug-likeness (QED) is 0.0857. The standard InChI is InChI=1S/C26H42ClN6O10PS/c1-8-39-20-17-19(30-24(28)31-20)33(13-29-17)22-26(7,27)18(35)16(43-22)11-41-44(38,32-15(4)21(36)42-14(2)3)40-9-10-45-23(37)25(5,6)12-34/h13-16,18,22,34-35H,8-12H2,1-7H3,(H,32,38)(H2,28,30,31)/t15-,16-,18-,22-,26-,44+/m1/s1. The van der Waals surface area contributed by atoms with Crippen molar-refractivity contribution in [3.63, 3.8) is 0 Å². The number of carbonyl (C=O) groups is 2. The second-order valence-corrected chi connectivity index (χ2v) is 15.1. The highest BCUT2D eigenvalue weighted by Gasteiger charge is 2.54. The molecule has 3 heterocycles. The van der Waals surface area contributed by atoms with Gasteiger partial charge in [0.15, 0.2) is 22.5 Å². The zero-order chi connectivity index (χ0) is 33.7. The summed E-state index contributed by atoms with van der Waals surface area (Å²) in [5.41, 5.74) is 5.46. The van der Waals surface area contributed by atoms with Gasteiger partial charge >= 0.3 is 13.7 Å². The number of rotatable bonds is 16. The maximum Gasteiger partial charge on any atom is 0.406 e. The highest BCUT2D eigenvalue weighted by Crippen LogP contribution is 2.48. The smallest absolute Gasteiger partial charge is 0.406 e. The van der Waals surface area contributed by atoms with Gasteiger partial charge in [0.2, 0.25) is 11.8 Å². The Morgan fingerprint density at radius 3 is 2.62 bits per heavy atom. The van der Waals surface area contributed by atoms with Crippen molar-refractivity contribution < 1.29 is 47.6 Å². The van der Waals surface area contributed by atoms with Crippen molar-refractivity contribution in [1.29, 1.82) is 0 Å². The minimum absolute atomic E-state index is 0.0727. The first-order valence-electron chi connectivity index (χ1n) is 14.3. The first kappa shape index (κ1) is 37.4. The molecule has 16 nitrogen and oxygen atoms in total. The minimum atomic E-state index is -4.27. The van der Waals surface area contributed by atoms with Gasteiger partial charge in [0.05, 0.1) is 44.3 Å². The normalized spacial score (nSPS) is 24.1. The van der Waals surface area contributed by atoms with Crippen LogP contribution in [-0.4, -0.2) is 102 Å². The molecule has 1 aliphatic heterocycles. The lowest BCUT2D eigenvalue weighted by Gasteiger charge is -2.26. The van der Waals surface area contributed by atoms with Crippen LogP contribution in [0.2, 0.25) is 0 Å². The number of thioether (sulfide) groups is 1. The zero-order valence-electron chi connectivity index (χ0n) is 26.3. The fraction of sp³-hybridized carbons (Fsp3) is 0.731. The van der Waals surface area contributed by atoms with Gasteiger partial charge in [-0.25, -0.2) is 14.6 Å². The summed E-state index contributed by atoms with van der Waals surface area (Å²) < 4.78 is 43.3. The number of alkyl halides is 1. The number of hydrogen-bond acceptors (Lipinski definition) is 15. The van der Waals surface area contributed by atoms with Crippen LogP contribution in [0, 0.1) is 5.41 Å². The molecule has 0 saturated carbocycles. The van der Waals surface area contributed by atoms with Crippen LogP contribution in [0.25, 0.3) is 11.2 Å². The number of aliphatic hydroxyl groups is 2. The summed E-state index contributed by atoms with van der Waals surface area (Å²) in [7, 11) is -4.27. The predicted molar refractivity (Wildman–Crippen MR) is 167 cm³/mol. The number of halogens is 1. The van der Waals surface area contributed by atoms with E-state index in [1.54, 1.807) is 41.5 Å². The molecular formula is C26H42ClN6O10PS. The number of nitrogens with zero attached hydrogens (tertiary/aromatic N) is 4. The van der Waals surface area contributed by atoms with Crippen molar-refractivity contribution in [2.75, 3.05) is 37.9 Å². The van der Waals surface area contributed by atoms with Gasteiger partial charge in [-0.3, -0.25) is 23.2 Å². The lowest BCUT2D eigenvalue weighted by atomic mass is 9.97. The van der Waals surface area contributed by atoms with E-state index in [-0.39, 0.29) is 41.6 Å². The van der Waals surface area contributed by atoms with E-state index in [2.05, 4.69) is 20.0 Å². The maximum atomic E-state index is 13.8. The van der Waals surface area contributed by atoms with Crippen molar-refractivity contribution in [2.24, 2.45) is 5.41 Å². The molecule has 0 radical (unpaired) electrons. The number of nitrogens with one attached hydrogen (secondary N) is 1. The molecule has 1 aliphatic rings. The number of nitrogens with two attached hydrogens (primary N) is 1. The molecule has 19 heteroatoms. The van der Waals surface area contributed by atoms with Crippen molar-refractivity contribution in [2.45, 2.75) is 83.9 Å². The molecule has 6 atom stereocenters. The van der Waals surface area contributed by atoms with Crippen LogP contribution < -0.4 is 15.6 Å². The number of esters is 1. The fourth-order valence-electron chi connectivity index (χ4n) is 4.13. The Balaban J connectivity index is 1.78. The number of nitrogen functional groups attached to an aromatic ring is 1. The van der Waals surface area contributed by atoms with Gasteiger partial charge in [-0.1, -0.05) is 11.8 Å². The van der Waals surface area contributed by atoms with Gasteiger partial charge < -0.3 is 30.2 Å². The number of hydrogen-bond donors (Lipinski definition) is 4. The number of fused-ring (bicyclic) bond motifs is 1. The van der Waals surface area contributed by atoms with Gasteiger partial charge in [0.1, 0.15) is 23.1 Å². The van der Waals surface area contributed by atoms with Crippen LogP contribution in [0.4, 0.5) is 5.95 Å². The van der Waals surface area contributed by atoms with Gasteiger partial charge in [0, 0.05) is 5.75 Å². The average Bonchev–Trinajstić information content (AvgIpc) is 3.47. The highest BCUT2D eigenvalue weighted by atomic mass is 35.5. The topological polar surface area (TPSA) is 219 Å². The molecule has 0 unspecified atom stereocenters. The first-order valence-corrected chi connectivity index (χ1v) is 17.2. The summed E-state index contributed by atoms with van der Waals surface area (Å²) in [5.74, 6) is -0.523. The summed E-state index contributed by atoms with van der Waals surface area (Å²) in [6.07, 6.45) is -2.54. The van der Waals surface area contributed by atoms with Gasteiger partial charge in [-0.05, 0) is 48.5 Å². The average molecular weight is 697 g/mol. The molecule has 1 fully saturated rings. The lowest BCUT2D eigenvalue weighted by molar-refractivity contribution is -0.149. The summed E-state index contributed by atoms with van der Waals surface area (Å²) in [6.45, 7) is 10.5.